The first-order valence-corrected chi connectivity index (χ1v) is 14.8. The topological polar surface area (TPSA) is 27.7 Å². The Morgan fingerprint density at radius 3 is 1.09 bits per heavy atom. The molecule has 3 aromatic carbocycles. The summed E-state index contributed by atoms with van der Waals surface area (Å²) in [6.45, 7) is 1.45. The average molecular weight is 812 g/mol. The molecular formula is C31H25BF18NO3+. The molecule has 0 N–H and O–H groups in total. The van der Waals surface area contributed by atoms with Crippen molar-refractivity contribution in [2.45, 2.75) is 62.9 Å². The summed E-state index contributed by atoms with van der Waals surface area (Å²) in [6.07, 6.45) is -33.7. The Hall–Kier alpha value is -4.18. The summed E-state index contributed by atoms with van der Waals surface area (Å²) >= 11 is 0. The number of nitrogens with zero attached hydrogens (tertiary/aromatic N) is 1. The van der Waals surface area contributed by atoms with Gasteiger partial charge < -0.3 is 18.4 Å². The fraction of sp³-hybridized carbons (Fsp3) is 0.419. The van der Waals surface area contributed by atoms with Crippen LogP contribution in [0.4, 0.5) is 79.0 Å². The molecule has 0 saturated heterocycles. The molecule has 0 saturated carbocycles. The molecule has 54 heavy (non-hydrogen) atoms. The second-order valence-electron chi connectivity index (χ2n) is 12.5. The van der Waals surface area contributed by atoms with Crippen molar-refractivity contribution in [3.8, 4) is 17.2 Å². The molecule has 23 heteroatoms. The summed E-state index contributed by atoms with van der Waals surface area (Å²) in [5, 5.41) is 0. The van der Waals surface area contributed by atoms with Gasteiger partial charge in [0.1, 0.15) is 23.3 Å². The third kappa shape index (κ3) is 11.2. The molecule has 0 aliphatic rings. The Bertz CT molecular complexity index is 1640. The van der Waals surface area contributed by atoms with E-state index in [1.165, 1.54) is 28.1 Å². The Kier molecular flexibility index (Phi) is 12.1. The van der Waals surface area contributed by atoms with Crippen molar-refractivity contribution in [3.63, 3.8) is 0 Å². The number of benzene rings is 3. The fourth-order valence-electron chi connectivity index (χ4n) is 5.05. The van der Waals surface area contributed by atoms with E-state index in [-0.39, 0.29) is 49.2 Å². The first-order valence-electron chi connectivity index (χ1n) is 14.8. The summed E-state index contributed by atoms with van der Waals surface area (Å²) in [5.74, 6) is -4.68. The molecule has 3 aromatic rings. The molecule has 0 heterocycles. The monoisotopic (exact) mass is 812 g/mol. The molecule has 4 nitrogen and oxygen atoms in total. The van der Waals surface area contributed by atoms with Gasteiger partial charge in [0.2, 0.25) is 0 Å². The lowest BCUT2D eigenvalue weighted by molar-refractivity contribution is -0.902. The molecule has 1 atom stereocenters. The normalized spacial score (nSPS) is 14.2. The highest BCUT2D eigenvalue weighted by Gasteiger charge is 2.47. The zero-order valence-corrected chi connectivity index (χ0v) is 27.7. The molecule has 0 aromatic heterocycles. The van der Waals surface area contributed by atoms with Gasteiger partial charge in [-0.3, -0.25) is 0 Å². The lowest BCUT2D eigenvalue weighted by atomic mass is 9.91. The molecule has 1 unspecified atom stereocenters. The molecule has 0 amide bonds. The minimum atomic E-state index is -5.63. The summed E-state index contributed by atoms with van der Waals surface area (Å²) < 4.78 is 263. The second-order valence-corrected chi connectivity index (χ2v) is 12.5. The minimum absolute atomic E-state index is 0.0449. The first-order chi connectivity index (χ1) is 24.1. The molecule has 0 aliphatic carbocycles. The van der Waals surface area contributed by atoms with Crippen LogP contribution < -0.4 is 14.0 Å². The van der Waals surface area contributed by atoms with Gasteiger partial charge in [0.05, 0.1) is 60.1 Å². The van der Waals surface area contributed by atoms with Crippen LogP contribution in [0.5, 0.6) is 17.2 Å². The van der Waals surface area contributed by atoms with Crippen molar-refractivity contribution in [2.75, 3.05) is 21.1 Å². The van der Waals surface area contributed by atoms with Gasteiger partial charge in [-0.25, -0.2) is 0 Å². The Balaban J connectivity index is 2.46. The highest BCUT2D eigenvalue weighted by Crippen LogP contribution is 2.48. The summed E-state index contributed by atoms with van der Waals surface area (Å²) in [5.41, 5.74) is -13.6. The molecular weight excluding hydrogens is 787 g/mol. The molecule has 3 rings (SSSR count). The number of hydrogen-bond acceptors (Lipinski definition) is 3. The smallest absolute Gasteiger partial charge is 0.490 e. The van der Waals surface area contributed by atoms with Crippen molar-refractivity contribution in [3.05, 3.63) is 87.5 Å². The molecule has 0 spiro atoms. The van der Waals surface area contributed by atoms with Crippen LogP contribution in [0.15, 0.2) is 48.5 Å². The number of alkyl halides is 18. The molecule has 300 valence electrons. The van der Waals surface area contributed by atoms with Gasteiger partial charge in [-0.1, -0.05) is 13.3 Å². The highest BCUT2D eigenvalue weighted by molar-refractivity contribution is 6.39. The lowest BCUT2D eigenvalue weighted by Gasteiger charge is -2.37. The predicted molar refractivity (Wildman–Crippen MR) is 153 cm³/mol. The zero-order valence-electron chi connectivity index (χ0n) is 27.7. The first kappa shape index (κ1) is 44.2. The third-order valence-corrected chi connectivity index (χ3v) is 7.42. The quantitative estimate of drug-likeness (QED) is 0.116. The molecule has 0 bridgehead atoms. The van der Waals surface area contributed by atoms with Crippen LogP contribution in [0.2, 0.25) is 0 Å². The van der Waals surface area contributed by atoms with Crippen LogP contribution in [0.25, 0.3) is 0 Å². The van der Waals surface area contributed by atoms with Gasteiger partial charge in [-0.2, -0.15) is 79.0 Å². The maximum Gasteiger partial charge on any atom is 0.864 e. The molecule has 0 radical (unpaired) electrons. The SMILES string of the molecule is CCCC(c1c(OB(Oc2cc(C(F)(F)F)cc(C(F)(F)F)c2)Oc2cc(C(F)(F)F)cc(C(F)(F)F)c2)cc(C(F)(F)F)cc1C(F)(F)F)[N+](C)(C)C. The van der Waals surface area contributed by atoms with E-state index >= 15 is 0 Å². The van der Waals surface area contributed by atoms with Crippen LogP contribution in [-0.2, 0) is 37.1 Å². The average Bonchev–Trinajstić information content (AvgIpc) is 2.96. The molecule has 0 aliphatic heterocycles. The van der Waals surface area contributed by atoms with Crippen molar-refractivity contribution in [1.82, 2.24) is 0 Å². The van der Waals surface area contributed by atoms with E-state index in [0.29, 0.717) is 0 Å². The lowest BCUT2D eigenvalue weighted by Crippen LogP contribution is -2.42. The van der Waals surface area contributed by atoms with Gasteiger partial charge in [0, 0.05) is 6.42 Å². The summed E-state index contributed by atoms with van der Waals surface area (Å²) in [4.78, 5) is 0. The van der Waals surface area contributed by atoms with Gasteiger partial charge >= 0.3 is 44.4 Å². The Morgan fingerprint density at radius 2 is 0.815 bits per heavy atom. The third-order valence-electron chi connectivity index (χ3n) is 7.42. The van der Waals surface area contributed by atoms with Crippen LogP contribution >= 0.6 is 0 Å². The van der Waals surface area contributed by atoms with Crippen LogP contribution in [0.1, 0.15) is 64.8 Å². The van der Waals surface area contributed by atoms with Gasteiger partial charge in [0.25, 0.3) is 0 Å². The number of quaternary nitrogens is 1. The second kappa shape index (κ2) is 14.8. The maximum absolute atomic E-state index is 14.5. The van der Waals surface area contributed by atoms with E-state index in [2.05, 4.69) is 0 Å². The van der Waals surface area contributed by atoms with Gasteiger partial charge in [-0.15, -0.1) is 0 Å². The van der Waals surface area contributed by atoms with Crippen molar-refractivity contribution in [1.29, 1.82) is 0 Å². The maximum atomic E-state index is 14.5. The van der Waals surface area contributed by atoms with E-state index in [9.17, 15) is 79.0 Å². The van der Waals surface area contributed by atoms with Crippen molar-refractivity contribution < 1.29 is 97.5 Å². The zero-order chi connectivity index (χ0) is 41.6. The predicted octanol–water partition coefficient (Wildman–Crippen LogP) is 11.9. The van der Waals surface area contributed by atoms with Gasteiger partial charge in [0.15, 0.2) is 0 Å². The number of hydrogen-bond donors (Lipinski definition) is 0. The van der Waals surface area contributed by atoms with Gasteiger partial charge in [-0.05, 0) is 48.5 Å². The van der Waals surface area contributed by atoms with Crippen LogP contribution in [0, 0.1) is 0 Å². The largest absolute Gasteiger partial charge is 0.864 e. The van der Waals surface area contributed by atoms with E-state index in [0.717, 1.165) is 0 Å². The van der Waals surface area contributed by atoms with E-state index in [1.807, 2.05) is 0 Å². The standard InChI is InChI=1S/C31H25BF18NO3/c1-5-6-23(51(2,3)4)25-22(31(48,49)50)13-19(30(45,46)47)14-24(25)54-32(52-20-9-15(26(33,34)35)7-16(10-20)27(36,37)38)53-21-11-17(28(39,40)41)8-18(12-21)29(42,43)44/h7-14,23H,5-6H2,1-4H3/q+1. The van der Waals surface area contributed by atoms with E-state index in [1.54, 1.807) is 0 Å². The Morgan fingerprint density at radius 1 is 0.481 bits per heavy atom. The fourth-order valence-corrected chi connectivity index (χ4v) is 5.05. The van der Waals surface area contributed by atoms with E-state index < -0.39 is 123 Å². The Labute approximate surface area is 294 Å². The number of rotatable bonds is 10. The molecule has 0 fully saturated rings. The summed E-state index contributed by atoms with van der Waals surface area (Å²) in [6, 6.07) is -3.45. The van der Waals surface area contributed by atoms with Crippen LogP contribution in [-0.4, -0.2) is 32.9 Å². The summed E-state index contributed by atoms with van der Waals surface area (Å²) in [7, 11) is 0.594. The van der Waals surface area contributed by atoms with E-state index in [4.69, 9.17) is 14.0 Å². The highest BCUT2D eigenvalue weighted by atomic mass is 19.4. The van der Waals surface area contributed by atoms with Crippen molar-refractivity contribution >= 4 is 7.32 Å². The number of halogens is 18. The minimum Gasteiger partial charge on any atom is -0.490 e. The van der Waals surface area contributed by atoms with Crippen LogP contribution in [0.3, 0.4) is 0 Å². The van der Waals surface area contributed by atoms with Crippen molar-refractivity contribution in [2.24, 2.45) is 0 Å².